The van der Waals surface area contributed by atoms with E-state index >= 15 is 0 Å². The summed E-state index contributed by atoms with van der Waals surface area (Å²) in [7, 11) is 0. The van der Waals surface area contributed by atoms with Gasteiger partial charge in [0, 0.05) is 19.4 Å². The second kappa shape index (κ2) is 6.34. The highest BCUT2D eigenvalue weighted by atomic mass is 15.0. The molecule has 3 heteroatoms. The predicted molar refractivity (Wildman–Crippen MR) is 78.6 cm³/mol. The maximum absolute atomic E-state index is 7.69. The number of nitrogens with zero attached hydrogens (tertiary/aromatic N) is 1. The lowest BCUT2D eigenvalue weighted by molar-refractivity contribution is 0.794. The fraction of sp³-hybridized carbons (Fsp3) is 0.467. The number of hydrogen-bond donors (Lipinski definition) is 2. The van der Waals surface area contributed by atoms with E-state index in [0.29, 0.717) is 5.71 Å². The van der Waals surface area contributed by atoms with Crippen molar-refractivity contribution in [3.8, 4) is 0 Å². The van der Waals surface area contributed by atoms with Gasteiger partial charge in [-0.2, -0.15) is 0 Å². The minimum absolute atomic E-state index is 0. The molecule has 1 aliphatic heterocycles. The summed E-state index contributed by atoms with van der Waals surface area (Å²) in [5.41, 5.74) is 3.18. The van der Waals surface area contributed by atoms with Gasteiger partial charge in [-0.3, -0.25) is 0 Å². The lowest BCUT2D eigenvalue weighted by Gasteiger charge is -2.17. The van der Waals surface area contributed by atoms with Gasteiger partial charge in [0.05, 0.1) is 0 Å². The smallest absolute Gasteiger partial charge is 0.129 e. The van der Waals surface area contributed by atoms with Gasteiger partial charge in [-0.15, -0.1) is 0 Å². The van der Waals surface area contributed by atoms with Gasteiger partial charge < -0.3 is 10.7 Å². The Hall–Kier alpha value is -1.64. The van der Waals surface area contributed by atoms with Gasteiger partial charge in [0.15, 0.2) is 0 Å². The lowest BCUT2D eigenvalue weighted by atomic mass is 10.1. The maximum atomic E-state index is 7.69. The van der Waals surface area contributed by atoms with Crippen molar-refractivity contribution in [1.82, 2.24) is 4.98 Å². The van der Waals surface area contributed by atoms with E-state index in [2.05, 4.69) is 22.4 Å². The van der Waals surface area contributed by atoms with E-state index in [1.807, 2.05) is 19.1 Å². The van der Waals surface area contributed by atoms with Gasteiger partial charge in [0.2, 0.25) is 0 Å². The first-order valence-electron chi connectivity index (χ1n) is 6.72. The van der Waals surface area contributed by atoms with Crippen LogP contribution < -0.4 is 5.32 Å². The van der Waals surface area contributed by atoms with Crippen molar-refractivity contribution in [3.63, 3.8) is 0 Å². The summed E-state index contributed by atoms with van der Waals surface area (Å²) in [6.07, 6.45) is 8.90. The molecule has 0 bridgehead atoms. The van der Waals surface area contributed by atoms with E-state index in [-0.39, 0.29) is 1.43 Å². The Bertz CT molecular complexity index is 455. The van der Waals surface area contributed by atoms with E-state index in [1.54, 1.807) is 0 Å². The SMILES string of the molecule is C/C=C\C(=N)CCCc1ccc2c(n1)NCCC2.[HH]. The van der Waals surface area contributed by atoms with Crippen LogP contribution in [0, 0.1) is 5.41 Å². The minimum Gasteiger partial charge on any atom is -0.370 e. The minimum atomic E-state index is 0. The van der Waals surface area contributed by atoms with Gasteiger partial charge in [0.1, 0.15) is 5.82 Å². The average Bonchev–Trinajstić information content (AvgIpc) is 2.39. The van der Waals surface area contributed by atoms with Gasteiger partial charge in [-0.25, -0.2) is 4.98 Å². The van der Waals surface area contributed by atoms with Crippen LogP contribution in [0.15, 0.2) is 24.3 Å². The number of allylic oxidation sites excluding steroid dienone is 2. The van der Waals surface area contributed by atoms with E-state index in [1.165, 1.54) is 12.0 Å². The molecule has 0 saturated heterocycles. The predicted octanol–water partition coefficient (Wildman–Crippen LogP) is 3.60. The first-order chi connectivity index (χ1) is 8.79. The molecular formula is C15H23N3. The third-order valence-corrected chi connectivity index (χ3v) is 3.20. The molecule has 2 rings (SSSR count). The van der Waals surface area contributed by atoms with Crippen LogP contribution >= 0.6 is 0 Å². The first kappa shape index (κ1) is 12.8. The number of aromatic nitrogens is 1. The molecule has 0 amide bonds. The third-order valence-electron chi connectivity index (χ3n) is 3.20. The fourth-order valence-electron chi connectivity index (χ4n) is 2.25. The molecule has 98 valence electrons. The Morgan fingerprint density at radius 3 is 3.28 bits per heavy atom. The molecular weight excluding hydrogens is 222 g/mol. The van der Waals surface area contributed by atoms with Crippen LogP contribution in [0.4, 0.5) is 5.82 Å². The van der Waals surface area contributed by atoms with Crippen molar-refractivity contribution < 1.29 is 1.43 Å². The molecule has 0 saturated carbocycles. The molecule has 1 aromatic rings. The van der Waals surface area contributed by atoms with Crippen molar-refractivity contribution >= 4 is 11.5 Å². The van der Waals surface area contributed by atoms with E-state index in [9.17, 15) is 0 Å². The number of fused-ring (bicyclic) bond motifs is 1. The third kappa shape index (κ3) is 3.42. The van der Waals surface area contributed by atoms with Gasteiger partial charge in [0.25, 0.3) is 0 Å². The Morgan fingerprint density at radius 1 is 1.56 bits per heavy atom. The van der Waals surface area contributed by atoms with E-state index in [0.717, 1.165) is 43.7 Å². The summed E-state index contributed by atoms with van der Waals surface area (Å²) in [4.78, 5) is 4.66. The van der Waals surface area contributed by atoms with E-state index in [4.69, 9.17) is 5.41 Å². The Balaban J connectivity index is 0.00000180. The number of nitrogens with one attached hydrogen (secondary N) is 2. The molecule has 0 radical (unpaired) electrons. The zero-order valence-corrected chi connectivity index (χ0v) is 11.0. The van der Waals surface area contributed by atoms with Crippen molar-refractivity contribution in [2.45, 2.75) is 39.0 Å². The molecule has 0 fully saturated rings. The number of pyridine rings is 1. The normalized spacial score (nSPS) is 14.3. The average molecular weight is 245 g/mol. The Kier molecular flexibility index (Phi) is 4.51. The number of aryl methyl sites for hydroxylation is 2. The molecule has 2 heterocycles. The van der Waals surface area contributed by atoms with Crippen LogP contribution in [0.5, 0.6) is 0 Å². The van der Waals surface area contributed by atoms with Crippen LogP contribution in [-0.2, 0) is 12.8 Å². The molecule has 18 heavy (non-hydrogen) atoms. The van der Waals surface area contributed by atoms with Crippen LogP contribution in [0.25, 0.3) is 0 Å². The molecule has 1 aromatic heterocycles. The zero-order valence-electron chi connectivity index (χ0n) is 11.0. The second-order valence-electron chi connectivity index (χ2n) is 4.72. The molecule has 1 aliphatic rings. The van der Waals surface area contributed by atoms with Crippen LogP contribution in [-0.4, -0.2) is 17.2 Å². The Labute approximate surface area is 110 Å². The summed E-state index contributed by atoms with van der Waals surface area (Å²) in [5.74, 6) is 1.07. The van der Waals surface area contributed by atoms with Crippen molar-refractivity contribution in [2.24, 2.45) is 0 Å². The number of rotatable bonds is 5. The molecule has 3 nitrogen and oxygen atoms in total. The number of anilines is 1. The summed E-state index contributed by atoms with van der Waals surface area (Å²) in [6.45, 7) is 2.99. The second-order valence-corrected chi connectivity index (χ2v) is 4.72. The van der Waals surface area contributed by atoms with Gasteiger partial charge in [-0.1, -0.05) is 12.1 Å². The van der Waals surface area contributed by atoms with Crippen LogP contribution in [0.3, 0.4) is 0 Å². The fourth-order valence-corrected chi connectivity index (χ4v) is 2.25. The highest BCUT2D eigenvalue weighted by molar-refractivity contribution is 5.92. The summed E-state index contributed by atoms with van der Waals surface area (Å²) < 4.78 is 0. The maximum Gasteiger partial charge on any atom is 0.129 e. The summed E-state index contributed by atoms with van der Waals surface area (Å²) in [5, 5.41) is 11.0. The van der Waals surface area contributed by atoms with Gasteiger partial charge >= 0.3 is 0 Å². The monoisotopic (exact) mass is 245 g/mol. The molecule has 0 aromatic carbocycles. The van der Waals surface area contributed by atoms with E-state index < -0.39 is 0 Å². The van der Waals surface area contributed by atoms with Crippen LogP contribution in [0.2, 0.25) is 0 Å². The first-order valence-corrected chi connectivity index (χ1v) is 6.72. The van der Waals surface area contributed by atoms with Crippen molar-refractivity contribution in [3.05, 3.63) is 35.5 Å². The highest BCUT2D eigenvalue weighted by Crippen LogP contribution is 2.20. The molecule has 2 N–H and O–H groups in total. The summed E-state index contributed by atoms with van der Waals surface area (Å²) >= 11 is 0. The standard InChI is InChI=1S/C15H21N3.H2/c1-2-5-13(16)7-3-8-14-10-9-12-6-4-11-17-15(12)18-14;/h2,5,9-10,16H,3-4,6-8,11H2,1H3,(H,17,18);1H/b5-2-,16-13?;. The van der Waals surface area contributed by atoms with Crippen molar-refractivity contribution in [1.29, 1.82) is 5.41 Å². The number of hydrogen-bond acceptors (Lipinski definition) is 3. The molecule has 0 aliphatic carbocycles. The topological polar surface area (TPSA) is 48.8 Å². The summed E-state index contributed by atoms with van der Waals surface area (Å²) in [6, 6.07) is 4.33. The quantitative estimate of drug-likeness (QED) is 0.779. The van der Waals surface area contributed by atoms with Crippen LogP contribution in [0.1, 0.15) is 38.9 Å². The largest absolute Gasteiger partial charge is 0.370 e. The zero-order chi connectivity index (χ0) is 12.8. The molecule has 0 atom stereocenters. The highest BCUT2D eigenvalue weighted by Gasteiger charge is 2.09. The molecule has 0 spiro atoms. The van der Waals surface area contributed by atoms with Gasteiger partial charge in [-0.05, 0) is 56.7 Å². The lowest BCUT2D eigenvalue weighted by Crippen LogP contribution is -2.14. The Morgan fingerprint density at radius 2 is 2.44 bits per heavy atom. The van der Waals surface area contributed by atoms with Crippen molar-refractivity contribution in [2.75, 3.05) is 11.9 Å². The molecule has 0 unspecified atom stereocenters.